The number of benzene rings is 1. The fourth-order valence-electron chi connectivity index (χ4n) is 3.99. The molecule has 3 amide bonds. The molecule has 0 aliphatic carbocycles. The molecule has 2 aliphatic rings. The second kappa shape index (κ2) is 7.53. The molecular weight excluding hydrogens is 394 g/mol. The van der Waals surface area contributed by atoms with Crippen molar-refractivity contribution in [3.05, 3.63) is 34.8 Å². The fraction of sp³-hybridized carbons (Fsp3) is 0.421. The van der Waals surface area contributed by atoms with Gasteiger partial charge >= 0.3 is 0 Å². The van der Waals surface area contributed by atoms with Gasteiger partial charge in [0, 0.05) is 26.5 Å². The van der Waals surface area contributed by atoms with Gasteiger partial charge in [-0.2, -0.15) is 0 Å². The molecular formula is C19H21N5O4S. The van der Waals surface area contributed by atoms with Crippen molar-refractivity contribution < 1.29 is 19.1 Å². The van der Waals surface area contributed by atoms with Gasteiger partial charge < -0.3 is 9.64 Å². The maximum Gasteiger partial charge on any atom is 0.273 e. The number of hydrogen-bond donors (Lipinski definition) is 1. The summed E-state index contributed by atoms with van der Waals surface area (Å²) >= 11 is 1.20. The van der Waals surface area contributed by atoms with Crippen LogP contribution in [0.4, 0.5) is 10.8 Å². The van der Waals surface area contributed by atoms with Crippen molar-refractivity contribution in [2.24, 2.45) is 0 Å². The summed E-state index contributed by atoms with van der Waals surface area (Å²) in [6.45, 7) is 2.58. The van der Waals surface area contributed by atoms with Crippen LogP contribution in [0.5, 0.6) is 0 Å². The predicted molar refractivity (Wildman–Crippen MR) is 106 cm³/mol. The minimum absolute atomic E-state index is 0.181. The lowest BCUT2D eigenvalue weighted by atomic mass is 9.95. The molecule has 10 heteroatoms. The first-order chi connectivity index (χ1) is 14.0. The van der Waals surface area contributed by atoms with Crippen LogP contribution in [0.2, 0.25) is 0 Å². The number of para-hydroxylation sites is 1. The third-order valence-corrected chi connectivity index (χ3v) is 5.95. The molecule has 2 aromatic rings. The van der Waals surface area contributed by atoms with E-state index in [-0.39, 0.29) is 31.3 Å². The predicted octanol–water partition coefficient (Wildman–Crippen LogP) is 2.01. The molecule has 1 aromatic carbocycles. The third kappa shape index (κ3) is 2.99. The van der Waals surface area contributed by atoms with E-state index in [4.69, 9.17) is 4.74 Å². The molecule has 1 unspecified atom stereocenters. The van der Waals surface area contributed by atoms with E-state index in [2.05, 4.69) is 15.5 Å². The van der Waals surface area contributed by atoms with E-state index in [1.54, 1.807) is 31.4 Å². The van der Waals surface area contributed by atoms with Crippen LogP contribution in [-0.4, -0.2) is 52.1 Å². The Kier molecular flexibility index (Phi) is 5.05. The van der Waals surface area contributed by atoms with E-state index in [1.165, 1.54) is 21.1 Å². The minimum Gasteiger partial charge on any atom is -0.377 e. The molecule has 9 nitrogen and oxygen atoms in total. The Balaban J connectivity index is 1.77. The molecule has 1 atom stereocenters. The molecule has 2 aliphatic heterocycles. The molecule has 4 rings (SSSR count). The summed E-state index contributed by atoms with van der Waals surface area (Å²) in [5.41, 5.74) is -0.510. The number of fused-ring (bicyclic) bond motifs is 3. The second-order valence-electron chi connectivity index (χ2n) is 6.91. The lowest BCUT2D eigenvalue weighted by Crippen LogP contribution is -2.69. The van der Waals surface area contributed by atoms with E-state index in [0.717, 1.165) is 0 Å². The fourth-order valence-corrected chi connectivity index (χ4v) is 4.70. The number of ether oxygens (including phenoxy) is 1. The van der Waals surface area contributed by atoms with Crippen molar-refractivity contribution in [2.45, 2.75) is 38.5 Å². The first kappa shape index (κ1) is 19.5. The SMILES string of the molecule is CCCN1C(=O)c2ccccc2N2C(=O)CCC12C(=O)Nc1nnc(COC)s1. The highest BCUT2D eigenvalue weighted by atomic mass is 32.1. The Labute approximate surface area is 171 Å². The highest BCUT2D eigenvalue weighted by Crippen LogP contribution is 2.45. The zero-order valence-corrected chi connectivity index (χ0v) is 17.0. The minimum atomic E-state index is -1.41. The number of methoxy groups -OCH3 is 1. The van der Waals surface area contributed by atoms with Crippen LogP contribution in [0.1, 0.15) is 41.6 Å². The Hall–Kier alpha value is -2.85. The standard InChI is InChI=1S/C19H21N5O4S/c1-3-10-23-16(26)12-6-4-5-7-13(12)24-15(25)8-9-19(23,24)17(27)20-18-22-21-14(29-18)11-28-2/h4-7H,3,8-11H2,1-2H3,(H,20,22,27). The van der Waals surface area contributed by atoms with Gasteiger partial charge in [0.25, 0.3) is 11.8 Å². The molecule has 3 heterocycles. The van der Waals surface area contributed by atoms with Gasteiger partial charge in [-0.15, -0.1) is 10.2 Å². The summed E-state index contributed by atoms with van der Waals surface area (Å²) in [7, 11) is 1.55. The molecule has 152 valence electrons. The molecule has 0 spiro atoms. The van der Waals surface area contributed by atoms with E-state index < -0.39 is 11.6 Å². The van der Waals surface area contributed by atoms with Crippen LogP contribution in [0.25, 0.3) is 0 Å². The van der Waals surface area contributed by atoms with E-state index in [1.807, 2.05) is 6.92 Å². The van der Waals surface area contributed by atoms with E-state index >= 15 is 0 Å². The Morgan fingerprint density at radius 1 is 1.31 bits per heavy atom. The maximum atomic E-state index is 13.5. The van der Waals surface area contributed by atoms with Gasteiger partial charge in [-0.05, 0) is 18.6 Å². The summed E-state index contributed by atoms with van der Waals surface area (Å²) in [5, 5.41) is 11.7. The Morgan fingerprint density at radius 2 is 2.10 bits per heavy atom. The summed E-state index contributed by atoms with van der Waals surface area (Å²) in [4.78, 5) is 42.7. The van der Waals surface area contributed by atoms with Crippen molar-refractivity contribution in [1.82, 2.24) is 15.1 Å². The van der Waals surface area contributed by atoms with Gasteiger partial charge in [-0.1, -0.05) is 30.4 Å². The first-order valence-electron chi connectivity index (χ1n) is 9.39. The van der Waals surface area contributed by atoms with Gasteiger partial charge in [0.2, 0.25) is 16.7 Å². The number of amides is 3. The number of nitrogens with one attached hydrogen (secondary N) is 1. The zero-order valence-electron chi connectivity index (χ0n) is 16.2. The van der Waals surface area contributed by atoms with Gasteiger partial charge in [-0.25, -0.2) is 0 Å². The smallest absolute Gasteiger partial charge is 0.273 e. The highest BCUT2D eigenvalue weighted by Gasteiger charge is 2.60. The number of aromatic nitrogens is 2. The lowest BCUT2D eigenvalue weighted by Gasteiger charge is -2.48. The monoisotopic (exact) mass is 415 g/mol. The molecule has 1 fully saturated rings. The molecule has 1 aromatic heterocycles. The van der Waals surface area contributed by atoms with Gasteiger partial charge in [0.05, 0.1) is 11.3 Å². The summed E-state index contributed by atoms with van der Waals surface area (Å²) in [5.74, 6) is -0.890. The van der Waals surface area contributed by atoms with Crippen LogP contribution in [-0.2, 0) is 20.9 Å². The van der Waals surface area contributed by atoms with Gasteiger partial charge in [0.15, 0.2) is 0 Å². The van der Waals surface area contributed by atoms with Gasteiger partial charge in [0.1, 0.15) is 11.6 Å². The molecule has 0 bridgehead atoms. The van der Waals surface area contributed by atoms with E-state index in [0.29, 0.717) is 34.4 Å². The van der Waals surface area contributed by atoms with Crippen LogP contribution < -0.4 is 10.2 Å². The quantitative estimate of drug-likeness (QED) is 0.774. The molecule has 1 N–H and O–H groups in total. The number of hydrogen-bond acceptors (Lipinski definition) is 7. The molecule has 0 saturated carbocycles. The average molecular weight is 415 g/mol. The van der Waals surface area contributed by atoms with Gasteiger partial charge in [-0.3, -0.25) is 24.6 Å². The largest absolute Gasteiger partial charge is 0.377 e. The lowest BCUT2D eigenvalue weighted by molar-refractivity contribution is -0.128. The third-order valence-electron chi connectivity index (χ3n) is 5.14. The highest BCUT2D eigenvalue weighted by molar-refractivity contribution is 7.15. The molecule has 0 radical (unpaired) electrons. The van der Waals surface area contributed by atoms with Crippen molar-refractivity contribution in [2.75, 3.05) is 23.9 Å². The zero-order chi connectivity index (χ0) is 20.6. The summed E-state index contributed by atoms with van der Waals surface area (Å²) in [6, 6.07) is 6.92. The summed E-state index contributed by atoms with van der Waals surface area (Å²) < 4.78 is 5.04. The number of carbonyl (C=O) groups excluding carboxylic acids is 3. The van der Waals surface area contributed by atoms with Crippen molar-refractivity contribution in [3.63, 3.8) is 0 Å². The molecule has 1 saturated heterocycles. The van der Waals surface area contributed by atoms with Crippen LogP contribution in [0.3, 0.4) is 0 Å². The topological polar surface area (TPSA) is 105 Å². The van der Waals surface area contributed by atoms with Crippen LogP contribution >= 0.6 is 11.3 Å². The van der Waals surface area contributed by atoms with Crippen LogP contribution in [0, 0.1) is 0 Å². The Bertz CT molecular complexity index is 977. The second-order valence-corrected chi connectivity index (χ2v) is 7.97. The first-order valence-corrected chi connectivity index (χ1v) is 10.2. The normalized spacial score (nSPS) is 20.6. The Morgan fingerprint density at radius 3 is 2.86 bits per heavy atom. The molecule has 29 heavy (non-hydrogen) atoms. The number of anilines is 2. The van der Waals surface area contributed by atoms with Crippen molar-refractivity contribution in [3.8, 4) is 0 Å². The van der Waals surface area contributed by atoms with Crippen molar-refractivity contribution in [1.29, 1.82) is 0 Å². The average Bonchev–Trinajstić information content (AvgIpc) is 3.30. The summed E-state index contributed by atoms with van der Waals surface area (Å²) in [6.07, 6.45) is 1.06. The van der Waals surface area contributed by atoms with Crippen molar-refractivity contribution >= 4 is 39.9 Å². The number of nitrogens with zero attached hydrogens (tertiary/aromatic N) is 4. The number of carbonyl (C=O) groups is 3. The maximum absolute atomic E-state index is 13.5. The van der Waals surface area contributed by atoms with Crippen LogP contribution in [0.15, 0.2) is 24.3 Å². The number of rotatable bonds is 6. The van der Waals surface area contributed by atoms with E-state index in [9.17, 15) is 14.4 Å².